The molecule has 0 saturated heterocycles. The van der Waals surface area contributed by atoms with Gasteiger partial charge in [0.2, 0.25) is 5.91 Å². The number of rotatable bonds is 7. The number of nitrogen functional groups attached to an aromatic ring is 1. The van der Waals surface area contributed by atoms with Crippen LogP contribution in [0.3, 0.4) is 0 Å². The molecule has 110 valence electrons. The minimum Gasteiger partial charge on any atom is -0.465 e. The second-order valence-electron chi connectivity index (χ2n) is 3.95. The predicted molar refractivity (Wildman–Crippen MR) is 75.6 cm³/mol. The Hall–Kier alpha value is -2.28. The number of anilines is 2. The van der Waals surface area contributed by atoms with Gasteiger partial charge in [0.1, 0.15) is 0 Å². The van der Waals surface area contributed by atoms with Crippen LogP contribution in [0.4, 0.5) is 11.4 Å². The van der Waals surface area contributed by atoms with E-state index in [9.17, 15) is 9.59 Å². The summed E-state index contributed by atoms with van der Waals surface area (Å²) in [5, 5.41) is 5.54. The maximum Gasteiger partial charge on any atom is 0.340 e. The molecule has 0 aliphatic heterocycles. The van der Waals surface area contributed by atoms with Crippen molar-refractivity contribution in [3.05, 3.63) is 23.8 Å². The van der Waals surface area contributed by atoms with Gasteiger partial charge in [-0.1, -0.05) is 6.07 Å². The quantitative estimate of drug-likeness (QED) is 0.375. The molecule has 0 aromatic heterocycles. The average molecular weight is 281 g/mol. The molecule has 0 fully saturated rings. The molecule has 7 heteroatoms. The van der Waals surface area contributed by atoms with Gasteiger partial charge in [0.25, 0.3) is 0 Å². The molecule has 0 radical (unpaired) electrons. The summed E-state index contributed by atoms with van der Waals surface area (Å²) in [5.41, 5.74) is 6.88. The maximum absolute atomic E-state index is 11.5. The third-order valence-electron chi connectivity index (χ3n) is 2.58. The molecule has 1 rings (SSSR count). The molecular weight excluding hydrogens is 262 g/mol. The third-order valence-corrected chi connectivity index (χ3v) is 2.58. The predicted octanol–water partition coefficient (Wildman–Crippen LogP) is 0.230. The van der Waals surface area contributed by atoms with Crippen molar-refractivity contribution in [2.24, 2.45) is 0 Å². The zero-order chi connectivity index (χ0) is 15.0. The van der Waals surface area contributed by atoms with Gasteiger partial charge in [0.15, 0.2) is 0 Å². The van der Waals surface area contributed by atoms with Crippen LogP contribution in [0.2, 0.25) is 0 Å². The summed E-state index contributed by atoms with van der Waals surface area (Å²) in [6, 6.07) is 4.91. The van der Waals surface area contributed by atoms with Gasteiger partial charge in [-0.25, -0.2) is 4.79 Å². The standard InChI is InChI=1S/C13H19N3O4/c1-19-7-6-15-11(17)8-16-10-5-3-4-9(12(10)14)13(18)20-2/h3-5,16H,6-8,14H2,1-2H3,(H,15,17). The van der Waals surface area contributed by atoms with Crippen molar-refractivity contribution in [3.8, 4) is 0 Å². The number of nitrogens with one attached hydrogen (secondary N) is 2. The Balaban J connectivity index is 2.60. The molecule has 1 aromatic rings. The van der Waals surface area contributed by atoms with Crippen molar-refractivity contribution in [1.82, 2.24) is 5.32 Å². The lowest BCUT2D eigenvalue weighted by molar-refractivity contribution is -0.119. The van der Waals surface area contributed by atoms with Gasteiger partial charge in [-0.3, -0.25) is 4.79 Å². The molecule has 0 bridgehead atoms. The first kappa shape index (κ1) is 15.8. The van der Waals surface area contributed by atoms with E-state index in [-0.39, 0.29) is 23.7 Å². The molecule has 4 N–H and O–H groups in total. The van der Waals surface area contributed by atoms with E-state index in [0.717, 1.165) is 0 Å². The number of carbonyl (C=O) groups excluding carboxylic acids is 2. The molecular formula is C13H19N3O4. The summed E-state index contributed by atoms with van der Waals surface area (Å²) in [7, 11) is 2.84. The number of benzene rings is 1. The molecule has 7 nitrogen and oxygen atoms in total. The fourth-order valence-electron chi connectivity index (χ4n) is 1.54. The average Bonchev–Trinajstić information content (AvgIpc) is 2.45. The highest BCUT2D eigenvalue weighted by Gasteiger charge is 2.13. The molecule has 0 heterocycles. The first-order valence-corrected chi connectivity index (χ1v) is 6.06. The molecule has 0 unspecified atom stereocenters. The van der Waals surface area contributed by atoms with Crippen molar-refractivity contribution < 1.29 is 19.1 Å². The Kier molecular flexibility index (Phi) is 6.31. The normalized spacial score (nSPS) is 9.90. The number of methoxy groups -OCH3 is 2. The lowest BCUT2D eigenvalue weighted by Crippen LogP contribution is -2.32. The van der Waals surface area contributed by atoms with Crippen LogP contribution in [0.15, 0.2) is 18.2 Å². The first-order chi connectivity index (χ1) is 9.60. The van der Waals surface area contributed by atoms with Crippen LogP contribution in [-0.4, -0.2) is 45.8 Å². The van der Waals surface area contributed by atoms with Gasteiger partial charge in [-0.15, -0.1) is 0 Å². The number of hydrogen-bond acceptors (Lipinski definition) is 6. The molecule has 20 heavy (non-hydrogen) atoms. The van der Waals surface area contributed by atoms with Crippen molar-refractivity contribution in [3.63, 3.8) is 0 Å². The monoisotopic (exact) mass is 281 g/mol. The largest absolute Gasteiger partial charge is 0.465 e. The van der Waals surface area contributed by atoms with Gasteiger partial charge >= 0.3 is 5.97 Å². The summed E-state index contributed by atoms with van der Waals surface area (Å²) in [4.78, 5) is 23.0. The van der Waals surface area contributed by atoms with Crippen LogP contribution in [0.5, 0.6) is 0 Å². The van der Waals surface area contributed by atoms with Crippen LogP contribution in [0.1, 0.15) is 10.4 Å². The van der Waals surface area contributed by atoms with Crippen LogP contribution >= 0.6 is 0 Å². The van der Waals surface area contributed by atoms with E-state index in [1.165, 1.54) is 7.11 Å². The van der Waals surface area contributed by atoms with E-state index in [0.29, 0.717) is 18.8 Å². The third kappa shape index (κ3) is 4.43. The smallest absolute Gasteiger partial charge is 0.340 e. The second-order valence-corrected chi connectivity index (χ2v) is 3.95. The van der Waals surface area contributed by atoms with Gasteiger partial charge in [0.05, 0.1) is 37.2 Å². The maximum atomic E-state index is 11.5. The molecule has 1 amide bonds. The van der Waals surface area contributed by atoms with Crippen LogP contribution in [-0.2, 0) is 14.3 Å². The Morgan fingerprint density at radius 3 is 2.70 bits per heavy atom. The highest BCUT2D eigenvalue weighted by atomic mass is 16.5. The van der Waals surface area contributed by atoms with E-state index >= 15 is 0 Å². The highest BCUT2D eigenvalue weighted by Crippen LogP contribution is 2.23. The molecule has 0 atom stereocenters. The van der Waals surface area contributed by atoms with Gasteiger partial charge in [-0.05, 0) is 12.1 Å². The number of carbonyl (C=O) groups is 2. The summed E-state index contributed by atoms with van der Waals surface area (Å²) >= 11 is 0. The number of amides is 1. The van der Waals surface area contributed by atoms with E-state index in [2.05, 4.69) is 15.4 Å². The Morgan fingerprint density at radius 2 is 2.05 bits per heavy atom. The zero-order valence-corrected chi connectivity index (χ0v) is 11.6. The number of ether oxygens (including phenoxy) is 2. The molecule has 0 aliphatic carbocycles. The summed E-state index contributed by atoms with van der Waals surface area (Å²) in [5.74, 6) is -0.708. The van der Waals surface area contributed by atoms with Crippen LogP contribution in [0, 0.1) is 0 Å². The Morgan fingerprint density at radius 1 is 1.30 bits per heavy atom. The Bertz CT molecular complexity index is 477. The minimum atomic E-state index is -0.518. The van der Waals surface area contributed by atoms with E-state index in [4.69, 9.17) is 10.5 Å². The lowest BCUT2D eigenvalue weighted by Gasteiger charge is -2.12. The molecule has 0 saturated carbocycles. The van der Waals surface area contributed by atoms with Crippen molar-refractivity contribution >= 4 is 23.3 Å². The fraction of sp³-hybridized carbons (Fsp3) is 0.385. The number of nitrogens with two attached hydrogens (primary N) is 1. The van der Waals surface area contributed by atoms with Crippen LogP contribution < -0.4 is 16.4 Å². The molecule has 1 aromatic carbocycles. The van der Waals surface area contributed by atoms with E-state index < -0.39 is 5.97 Å². The second kappa shape index (κ2) is 8.00. The van der Waals surface area contributed by atoms with Crippen molar-refractivity contribution in [1.29, 1.82) is 0 Å². The number of para-hydroxylation sites is 1. The number of esters is 1. The van der Waals surface area contributed by atoms with Gasteiger partial charge in [-0.2, -0.15) is 0 Å². The van der Waals surface area contributed by atoms with Crippen molar-refractivity contribution in [2.45, 2.75) is 0 Å². The summed E-state index contributed by atoms with van der Waals surface area (Å²) in [6.45, 7) is 0.943. The zero-order valence-electron chi connectivity index (χ0n) is 11.6. The summed E-state index contributed by atoms with van der Waals surface area (Å²) in [6.07, 6.45) is 0. The van der Waals surface area contributed by atoms with Gasteiger partial charge < -0.3 is 25.8 Å². The lowest BCUT2D eigenvalue weighted by atomic mass is 10.1. The minimum absolute atomic E-state index is 0.0541. The molecule has 0 spiro atoms. The Labute approximate surface area is 117 Å². The number of hydrogen-bond donors (Lipinski definition) is 3. The van der Waals surface area contributed by atoms with Crippen molar-refractivity contribution in [2.75, 3.05) is 45.0 Å². The first-order valence-electron chi connectivity index (χ1n) is 6.06. The molecule has 0 aliphatic rings. The topological polar surface area (TPSA) is 103 Å². The highest BCUT2D eigenvalue weighted by molar-refractivity contribution is 5.98. The fourth-order valence-corrected chi connectivity index (χ4v) is 1.54. The van der Waals surface area contributed by atoms with Crippen LogP contribution in [0.25, 0.3) is 0 Å². The van der Waals surface area contributed by atoms with Gasteiger partial charge in [0, 0.05) is 13.7 Å². The summed E-state index contributed by atoms with van der Waals surface area (Å²) < 4.78 is 9.45. The van der Waals surface area contributed by atoms with E-state index in [1.807, 2.05) is 0 Å². The SMILES string of the molecule is COCCNC(=O)CNc1cccc(C(=O)OC)c1N. The van der Waals surface area contributed by atoms with E-state index in [1.54, 1.807) is 25.3 Å².